The van der Waals surface area contributed by atoms with Gasteiger partial charge >= 0.3 is 23.9 Å². The zero-order valence-corrected chi connectivity index (χ0v) is 21.2. The Kier molecular flexibility index (Phi) is 14.2. The summed E-state index contributed by atoms with van der Waals surface area (Å²) < 4.78 is 0. The number of carbonyl (C=O) groups is 6. The van der Waals surface area contributed by atoms with Crippen LogP contribution in [0.4, 0.5) is 0 Å². The Balaban J connectivity index is 3.26. The van der Waals surface area contributed by atoms with Crippen LogP contribution in [0.2, 0.25) is 0 Å². The predicted octanol–water partition coefficient (Wildman–Crippen LogP) is -3.19. The summed E-state index contributed by atoms with van der Waals surface area (Å²) in [6, 6.07) is -2.21. The summed E-state index contributed by atoms with van der Waals surface area (Å²) in [6.45, 7) is 0.0351. The molecular weight excluding hydrogens is 508 g/mol. The van der Waals surface area contributed by atoms with E-state index in [9.17, 15) is 49.2 Å². The van der Waals surface area contributed by atoms with Crippen LogP contribution in [0.5, 0.6) is 0 Å². The molecule has 0 aromatic carbocycles. The molecule has 1 saturated heterocycles. The van der Waals surface area contributed by atoms with E-state index in [2.05, 4.69) is 0 Å². The summed E-state index contributed by atoms with van der Waals surface area (Å²) in [6.07, 6.45) is -0.503. The minimum atomic E-state index is -1.20. The van der Waals surface area contributed by atoms with Crippen molar-refractivity contribution in [2.75, 3.05) is 65.4 Å². The van der Waals surface area contributed by atoms with Gasteiger partial charge in [-0.3, -0.25) is 48.4 Å². The Bertz CT molecular complexity index is 772. The van der Waals surface area contributed by atoms with Gasteiger partial charge in [-0.1, -0.05) is 0 Å². The van der Waals surface area contributed by atoms with Crippen molar-refractivity contribution >= 4 is 35.7 Å². The highest BCUT2D eigenvalue weighted by atomic mass is 16.4. The lowest BCUT2D eigenvalue weighted by Gasteiger charge is -2.36. The van der Waals surface area contributed by atoms with E-state index >= 15 is 0 Å². The van der Waals surface area contributed by atoms with E-state index in [0.717, 1.165) is 0 Å². The van der Waals surface area contributed by atoms with Crippen molar-refractivity contribution in [2.45, 2.75) is 37.8 Å². The van der Waals surface area contributed by atoms with Crippen LogP contribution in [-0.4, -0.2) is 153 Å². The minimum Gasteiger partial charge on any atom is -0.480 e. The van der Waals surface area contributed by atoms with Gasteiger partial charge in [0.2, 0.25) is 11.8 Å². The van der Waals surface area contributed by atoms with Gasteiger partial charge in [-0.05, 0) is 12.8 Å². The average molecular weight is 547 g/mol. The second-order valence-corrected chi connectivity index (χ2v) is 9.13. The monoisotopic (exact) mass is 546 g/mol. The first-order valence-electron chi connectivity index (χ1n) is 12.2. The Morgan fingerprint density at radius 2 is 0.842 bits per heavy atom. The maximum atomic E-state index is 12.0. The molecule has 0 spiro atoms. The van der Waals surface area contributed by atoms with Crippen LogP contribution in [0.25, 0.3) is 0 Å². The first-order valence-corrected chi connectivity index (χ1v) is 12.2. The van der Waals surface area contributed by atoms with Crippen molar-refractivity contribution in [1.82, 2.24) is 19.6 Å². The topological polar surface area (TPSA) is 248 Å². The Labute approximate surface area is 219 Å². The van der Waals surface area contributed by atoms with Crippen LogP contribution in [0.1, 0.15) is 25.7 Å². The zero-order chi connectivity index (χ0) is 28.8. The summed E-state index contributed by atoms with van der Waals surface area (Å²) in [4.78, 5) is 75.7. The number of nitrogens with two attached hydrogens (primary N) is 2. The van der Waals surface area contributed by atoms with Gasteiger partial charge in [-0.2, -0.15) is 0 Å². The van der Waals surface area contributed by atoms with E-state index in [1.54, 1.807) is 19.6 Å². The van der Waals surface area contributed by atoms with Crippen LogP contribution in [0.15, 0.2) is 0 Å². The van der Waals surface area contributed by atoms with Crippen molar-refractivity contribution in [2.24, 2.45) is 11.5 Å². The van der Waals surface area contributed by atoms with Gasteiger partial charge in [0.1, 0.15) is 12.1 Å². The molecule has 1 heterocycles. The van der Waals surface area contributed by atoms with E-state index in [4.69, 9.17) is 11.5 Å². The maximum absolute atomic E-state index is 12.0. The lowest BCUT2D eigenvalue weighted by molar-refractivity contribution is -0.145. The number of rotatable bonds is 14. The molecule has 216 valence electrons. The highest BCUT2D eigenvalue weighted by Crippen LogP contribution is 2.13. The third kappa shape index (κ3) is 12.8. The van der Waals surface area contributed by atoms with Crippen molar-refractivity contribution in [3.63, 3.8) is 0 Å². The fourth-order valence-electron chi connectivity index (χ4n) is 4.33. The number of carboxylic acids is 4. The van der Waals surface area contributed by atoms with Gasteiger partial charge in [-0.25, -0.2) is 0 Å². The normalized spacial score (nSPS) is 18.9. The highest BCUT2D eigenvalue weighted by molar-refractivity contribution is 5.78. The summed E-state index contributed by atoms with van der Waals surface area (Å²) in [5.41, 5.74) is 10.4. The molecular formula is C22H38N6O10. The summed E-state index contributed by atoms with van der Waals surface area (Å²) in [5, 5.41) is 38.3. The van der Waals surface area contributed by atoms with Gasteiger partial charge in [-0.15, -0.1) is 0 Å². The number of carboxylic acid groups (broad SMARTS) is 4. The maximum Gasteiger partial charge on any atom is 0.320 e. The number of nitrogens with zero attached hydrogens (tertiary/aromatic N) is 4. The summed E-state index contributed by atoms with van der Waals surface area (Å²) in [7, 11) is 0. The van der Waals surface area contributed by atoms with E-state index < -0.39 is 47.8 Å². The van der Waals surface area contributed by atoms with Gasteiger partial charge < -0.3 is 31.9 Å². The second-order valence-electron chi connectivity index (χ2n) is 9.13. The SMILES string of the molecule is NC(=O)CCC(C(=O)O)N1CCN(CC(=O)O)CCN(C(CCC(N)=O)C(=O)O)CCN(CC(=O)O)CC1. The Morgan fingerprint density at radius 3 is 1.05 bits per heavy atom. The molecule has 0 bridgehead atoms. The van der Waals surface area contributed by atoms with Crippen LogP contribution in [0.3, 0.4) is 0 Å². The van der Waals surface area contributed by atoms with Crippen molar-refractivity contribution in [3.05, 3.63) is 0 Å². The fourth-order valence-corrected chi connectivity index (χ4v) is 4.33. The quantitative estimate of drug-likeness (QED) is 0.126. The molecule has 2 amide bonds. The molecule has 0 saturated carbocycles. The van der Waals surface area contributed by atoms with Crippen molar-refractivity contribution < 1.29 is 49.2 Å². The van der Waals surface area contributed by atoms with Gasteiger partial charge in [0, 0.05) is 65.2 Å². The van der Waals surface area contributed by atoms with Gasteiger partial charge in [0.05, 0.1) is 13.1 Å². The predicted molar refractivity (Wildman–Crippen MR) is 131 cm³/mol. The molecule has 0 aromatic heterocycles. The zero-order valence-electron chi connectivity index (χ0n) is 21.2. The molecule has 0 aliphatic carbocycles. The third-order valence-electron chi connectivity index (χ3n) is 6.31. The van der Waals surface area contributed by atoms with E-state index in [1.807, 2.05) is 0 Å². The molecule has 0 aromatic rings. The summed E-state index contributed by atoms with van der Waals surface area (Å²) in [5.74, 6) is -5.99. The molecule has 1 rings (SSSR count). The third-order valence-corrected chi connectivity index (χ3v) is 6.31. The van der Waals surface area contributed by atoms with Gasteiger partial charge in [0.15, 0.2) is 0 Å². The first-order chi connectivity index (χ1) is 17.8. The molecule has 38 heavy (non-hydrogen) atoms. The molecule has 16 heteroatoms. The Morgan fingerprint density at radius 1 is 0.553 bits per heavy atom. The van der Waals surface area contributed by atoms with Crippen LogP contribution < -0.4 is 11.5 Å². The smallest absolute Gasteiger partial charge is 0.320 e. The summed E-state index contributed by atoms with van der Waals surface area (Å²) >= 11 is 0. The number of hydrogen-bond acceptors (Lipinski definition) is 10. The van der Waals surface area contributed by atoms with Crippen molar-refractivity contribution in [1.29, 1.82) is 0 Å². The molecule has 0 radical (unpaired) electrons. The molecule has 2 unspecified atom stereocenters. The first kappa shape index (κ1) is 32.7. The van der Waals surface area contributed by atoms with Crippen LogP contribution in [-0.2, 0) is 28.8 Å². The molecule has 1 aliphatic rings. The highest BCUT2D eigenvalue weighted by Gasteiger charge is 2.30. The lowest BCUT2D eigenvalue weighted by atomic mass is 10.1. The number of amides is 2. The van der Waals surface area contributed by atoms with Crippen LogP contribution >= 0.6 is 0 Å². The Hall–Kier alpha value is -3.34. The number of primary amides is 2. The molecule has 2 atom stereocenters. The van der Waals surface area contributed by atoms with Crippen LogP contribution in [0, 0.1) is 0 Å². The second kappa shape index (κ2) is 16.5. The largest absolute Gasteiger partial charge is 0.480 e. The molecule has 1 aliphatic heterocycles. The fraction of sp³-hybridized carbons (Fsp3) is 0.727. The van der Waals surface area contributed by atoms with Gasteiger partial charge in [0.25, 0.3) is 0 Å². The van der Waals surface area contributed by atoms with E-state index in [0.29, 0.717) is 0 Å². The number of aliphatic carboxylic acids is 4. The van der Waals surface area contributed by atoms with E-state index in [1.165, 1.54) is 0 Å². The lowest BCUT2D eigenvalue weighted by Crippen LogP contribution is -2.53. The molecule has 8 N–H and O–H groups in total. The molecule has 1 fully saturated rings. The average Bonchev–Trinajstić information content (AvgIpc) is 2.78. The minimum absolute atomic E-state index is 0.0730. The number of carbonyl (C=O) groups excluding carboxylic acids is 2. The van der Waals surface area contributed by atoms with E-state index in [-0.39, 0.29) is 91.1 Å². The number of hydrogen-bond donors (Lipinski definition) is 6. The molecule has 16 nitrogen and oxygen atoms in total. The van der Waals surface area contributed by atoms with Crippen molar-refractivity contribution in [3.8, 4) is 0 Å². The standard InChI is InChI=1S/C22H38N6O10/c23-17(29)3-1-15(21(35)36)27-9-5-25(13-19(31)32)7-11-28(16(22(37)38)2-4-18(24)30)12-8-26(6-10-27)14-20(33)34/h15-16H,1-14H2,(H2,23,29)(H2,24,30)(H,31,32)(H,33,34)(H,35,36)(H,37,38).